The Kier molecular flexibility index (Phi) is 9.40. The van der Waals surface area contributed by atoms with Crippen molar-refractivity contribution in [2.24, 2.45) is 0 Å². The van der Waals surface area contributed by atoms with Crippen LogP contribution in [0.4, 0.5) is 34.1 Å². The molecule has 12 aromatic carbocycles. The molecule has 320 valence electrons. The Morgan fingerprint density at radius 3 is 1.60 bits per heavy atom. The second-order valence-corrected chi connectivity index (χ2v) is 17.7. The van der Waals surface area contributed by atoms with Gasteiger partial charge in [-0.05, 0) is 128 Å². The van der Waals surface area contributed by atoms with Gasteiger partial charge < -0.3 is 14.2 Å². The maximum atomic E-state index is 6.68. The first-order chi connectivity index (χ1) is 33.6. The van der Waals surface area contributed by atoms with Crippen molar-refractivity contribution in [1.82, 2.24) is 0 Å². The quantitative estimate of drug-likeness (QED) is 0.135. The number of rotatable bonds is 9. The molecular formula is C65H44N2O. The molecule has 1 aromatic heterocycles. The molecule has 0 saturated heterocycles. The molecule has 0 aliphatic carbocycles. The van der Waals surface area contributed by atoms with Crippen LogP contribution in [0.15, 0.2) is 253 Å². The number of nitrogens with zero attached hydrogens (tertiary/aromatic N) is 2. The van der Waals surface area contributed by atoms with E-state index in [1.165, 1.54) is 71.3 Å². The lowest BCUT2D eigenvalue weighted by Gasteiger charge is -2.29. The van der Waals surface area contributed by atoms with Crippen molar-refractivity contribution in [3.8, 4) is 33.4 Å². The highest BCUT2D eigenvalue weighted by Crippen LogP contribution is 2.49. The van der Waals surface area contributed by atoms with Gasteiger partial charge in [0.2, 0.25) is 0 Å². The van der Waals surface area contributed by atoms with E-state index >= 15 is 0 Å². The number of hydrogen-bond acceptors (Lipinski definition) is 3. The van der Waals surface area contributed by atoms with Gasteiger partial charge in [0.1, 0.15) is 5.58 Å². The Hall–Kier alpha value is -8.92. The van der Waals surface area contributed by atoms with Crippen LogP contribution < -0.4 is 9.80 Å². The first-order valence-electron chi connectivity index (χ1n) is 23.3. The number of hydrogen-bond donors (Lipinski definition) is 0. The van der Waals surface area contributed by atoms with E-state index in [4.69, 9.17) is 4.42 Å². The zero-order valence-electron chi connectivity index (χ0n) is 37.5. The van der Waals surface area contributed by atoms with Crippen molar-refractivity contribution in [2.75, 3.05) is 9.80 Å². The maximum absolute atomic E-state index is 6.68. The van der Waals surface area contributed by atoms with Crippen LogP contribution in [0.3, 0.4) is 0 Å². The molecule has 0 atom stereocenters. The first-order valence-corrected chi connectivity index (χ1v) is 23.3. The van der Waals surface area contributed by atoms with E-state index in [1.54, 1.807) is 0 Å². The van der Waals surface area contributed by atoms with Crippen LogP contribution in [0.1, 0.15) is 5.56 Å². The molecule has 3 nitrogen and oxygen atoms in total. The van der Waals surface area contributed by atoms with Gasteiger partial charge in [-0.3, -0.25) is 0 Å². The predicted octanol–water partition coefficient (Wildman–Crippen LogP) is 18.7. The summed E-state index contributed by atoms with van der Waals surface area (Å²) in [6.07, 6.45) is 0. The molecule has 0 amide bonds. The van der Waals surface area contributed by atoms with Crippen LogP contribution in [0.25, 0.3) is 87.6 Å². The molecule has 3 heteroatoms. The number of furan rings is 1. The van der Waals surface area contributed by atoms with Crippen LogP contribution in [0, 0.1) is 6.92 Å². The number of aryl methyl sites for hydroxylation is 1. The Morgan fingerprint density at radius 2 is 0.853 bits per heavy atom. The maximum Gasteiger partial charge on any atom is 0.159 e. The molecule has 0 fully saturated rings. The van der Waals surface area contributed by atoms with E-state index in [-0.39, 0.29) is 0 Å². The summed E-state index contributed by atoms with van der Waals surface area (Å²) < 4.78 is 6.68. The first kappa shape index (κ1) is 39.4. The normalized spacial score (nSPS) is 11.6. The molecule has 68 heavy (non-hydrogen) atoms. The molecule has 13 rings (SSSR count). The monoisotopic (exact) mass is 868 g/mol. The molecular weight excluding hydrogens is 825 g/mol. The van der Waals surface area contributed by atoms with Crippen molar-refractivity contribution in [3.63, 3.8) is 0 Å². The minimum absolute atomic E-state index is 0.871. The van der Waals surface area contributed by atoms with Gasteiger partial charge in [-0.2, -0.15) is 0 Å². The van der Waals surface area contributed by atoms with E-state index in [9.17, 15) is 0 Å². The van der Waals surface area contributed by atoms with E-state index < -0.39 is 0 Å². The fourth-order valence-corrected chi connectivity index (χ4v) is 10.4. The third-order valence-electron chi connectivity index (χ3n) is 13.7. The molecule has 0 spiro atoms. The second kappa shape index (κ2) is 16.2. The van der Waals surface area contributed by atoms with Crippen molar-refractivity contribution in [3.05, 3.63) is 254 Å². The summed E-state index contributed by atoms with van der Waals surface area (Å²) in [7, 11) is 0. The highest BCUT2D eigenvalue weighted by Gasteiger charge is 2.24. The van der Waals surface area contributed by atoms with Gasteiger partial charge in [0.05, 0.1) is 17.1 Å². The average Bonchev–Trinajstić information content (AvgIpc) is 3.80. The summed E-state index contributed by atoms with van der Waals surface area (Å²) in [5.41, 5.74) is 16.6. The third kappa shape index (κ3) is 6.59. The van der Waals surface area contributed by atoms with Crippen LogP contribution in [-0.4, -0.2) is 0 Å². The summed E-state index contributed by atoms with van der Waals surface area (Å²) in [6, 6.07) is 90.1. The van der Waals surface area contributed by atoms with Gasteiger partial charge in [0.15, 0.2) is 5.58 Å². The van der Waals surface area contributed by atoms with Gasteiger partial charge in [0.25, 0.3) is 0 Å². The molecule has 1 heterocycles. The minimum Gasteiger partial charge on any atom is -0.454 e. The molecule has 0 saturated carbocycles. The number of para-hydroxylation sites is 3. The lowest BCUT2D eigenvalue weighted by Crippen LogP contribution is -2.11. The molecule has 0 radical (unpaired) electrons. The Bertz CT molecular complexity index is 3950. The molecule has 0 aliphatic heterocycles. The summed E-state index contributed by atoms with van der Waals surface area (Å²) in [5, 5.41) is 9.60. The van der Waals surface area contributed by atoms with Crippen molar-refractivity contribution in [1.29, 1.82) is 0 Å². The second-order valence-electron chi connectivity index (χ2n) is 17.7. The smallest absolute Gasteiger partial charge is 0.159 e. The fraction of sp³-hybridized carbons (Fsp3) is 0.0154. The zero-order chi connectivity index (χ0) is 45.1. The van der Waals surface area contributed by atoms with E-state index in [0.717, 1.165) is 56.1 Å². The zero-order valence-corrected chi connectivity index (χ0v) is 37.5. The molecule has 0 aliphatic rings. The minimum atomic E-state index is 0.871. The van der Waals surface area contributed by atoms with Gasteiger partial charge in [-0.25, -0.2) is 0 Å². The summed E-state index contributed by atoms with van der Waals surface area (Å²) in [5.74, 6) is 0. The largest absolute Gasteiger partial charge is 0.454 e. The van der Waals surface area contributed by atoms with Crippen molar-refractivity contribution >= 4 is 88.4 Å². The van der Waals surface area contributed by atoms with Crippen LogP contribution >= 0.6 is 0 Å². The topological polar surface area (TPSA) is 19.6 Å². The highest BCUT2D eigenvalue weighted by atomic mass is 16.3. The van der Waals surface area contributed by atoms with Crippen LogP contribution in [-0.2, 0) is 0 Å². The highest BCUT2D eigenvalue weighted by molar-refractivity contribution is 6.28. The van der Waals surface area contributed by atoms with Gasteiger partial charge in [-0.1, -0.05) is 188 Å². The van der Waals surface area contributed by atoms with Gasteiger partial charge >= 0.3 is 0 Å². The van der Waals surface area contributed by atoms with Crippen LogP contribution in [0.5, 0.6) is 0 Å². The predicted molar refractivity (Wildman–Crippen MR) is 288 cm³/mol. The SMILES string of the molecule is Cc1ccc(N(c2ccc(-c3ccc4ccc5c(N(c6ccccc6)c6cccc7c6oc6ccccc67)ccc6ccc3c4c65)cc2)c2ccc(-c3ccccc3)cc2-c2ccccc2)cc1. The van der Waals surface area contributed by atoms with E-state index in [1.807, 2.05) is 6.07 Å². The Labute approximate surface area is 395 Å². The van der Waals surface area contributed by atoms with Crippen molar-refractivity contribution < 1.29 is 4.42 Å². The summed E-state index contributed by atoms with van der Waals surface area (Å²) in [6.45, 7) is 2.15. The Balaban J connectivity index is 0.954. The number of anilines is 6. The lowest BCUT2D eigenvalue weighted by atomic mass is 9.89. The molecule has 13 aromatic rings. The fourth-order valence-electron chi connectivity index (χ4n) is 10.4. The standard InChI is InChI=1S/C65H44N2O/c1-43-24-33-51(34-25-43)66(60-41-32-49(44-14-5-2-6-15-44)42-58(60)45-16-7-3-8-17-45)52-35-26-46(27-36-52)53-37-28-47-30-39-57-59(40-31-48-29-38-55(53)63(47)64(48)57)67(50-18-9-4-10-19-50)61-22-13-21-56-54-20-11-12-23-62(54)68-65(56)61/h2-42H,1H3. The molecule has 0 bridgehead atoms. The third-order valence-corrected chi connectivity index (χ3v) is 13.7. The number of fused-ring (bicyclic) bond motifs is 3. The van der Waals surface area contributed by atoms with Crippen molar-refractivity contribution in [2.45, 2.75) is 6.92 Å². The van der Waals surface area contributed by atoms with Crippen LogP contribution in [0.2, 0.25) is 0 Å². The van der Waals surface area contributed by atoms with E-state index in [2.05, 4.69) is 259 Å². The average molecular weight is 869 g/mol. The molecule has 0 unspecified atom stereocenters. The summed E-state index contributed by atoms with van der Waals surface area (Å²) >= 11 is 0. The number of benzene rings is 12. The van der Waals surface area contributed by atoms with Gasteiger partial charge in [-0.15, -0.1) is 0 Å². The Morgan fingerprint density at radius 1 is 0.309 bits per heavy atom. The van der Waals surface area contributed by atoms with Gasteiger partial charge in [0, 0.05) is 38.8 Å². The summed E-state index contributed by atoms with van der Waals surface area (Å²) in [4.78, 5) is 4.77. The lowest BCUT2D eigenvalue weighted by molar-refractivity contribution is 0.669. The molecule has 0 N–H and O–H groups in total. The van der Waals surface area contributed by atoms with E-state index in [0.29, 0.717) is 0 Å².